The zero-order valence-corrected chi connectivity index (χ0v) is 12.5. The van der Waals surface area contributed by atoms with E-state index < -0.39 is 11.4 Å². The normalized spacial score (nSPS) is 13.3. The number of carbonyl (C=O) groups excluding carboxylic acids is 2. The second-order valence-corrected chi connectivity index (χ2v) is 5.05. The lowest BCUT2D eigenvalue weighted by atomic mass is 9.94. The van der Waals surface area contributed by atoms with Crippen LogP contribution < -0.4 is 10.6 Å². The van der Waals surface area contributed by atoms with E-state index in [-0.39, 0.29) is 30.5 Å². The Balaban J connectivity index is 2.55. The van der Waals surface area contributed by atoms with Gasteiger partial charge >= 0.3 is 5.97 Å². The first-order chi connectivity index (χ1) is 9.90. The molecule has 0 radical (unpaired) electrons. The van der Waals surface area contributed by atoms with Crippen LogP contribution in [0.1, 0.15) is 26.7 Å². The van der Waals surface area contributed by atoms with Crippen LogP contribution in [0.3, 0.4) is 0 Å². The van der Waals surface area contributed by atoms with Gasteiger partial charge in [0.15, 0.2) is 0 Å². The predicted molar refractivity (Wildman–Crippen MR) is 78.4 cm³/mol. The van der Waals surface area contributed by atoms with Crippen molar-refractivity contribution in [3.05, 3.63) is 30.1 Å². The molecule has 2 N–H and O–H groups in total. The molecule has 0 spiro atoms. The van der Waals surface area contributed by atoms with Gasteiger partial charge in [-0.05, 0) is 25.5 Å². The van der Waals surface area contributed by atoms with E-state index in [0.717, 1.165) is 0 Å². The summed E-state index contributed by atoms with van der Waals surface area (Å²) in [6.45, 7) is 3.72. The molecular formula is C15H21FN2O3. The van der Waals surface area contributed by atoms with Crippen LogP contribution in [0.2, 0.25) is 0 Å². The second-order valence-electron chi connectivity index (χ2n) is 5.05. The molecule has 1 aromatic rings. The van der Waals surface area contributed by atoms with E-state index in [0.29, 0.717) is 6.42 Å². The van der Waals surface area contributed by atoms with Crippen molar-refractivity contribution in [2.24, 2.45) is 0 Å². The Morgan fingerprint density at radius 3 is 2.57 bits per heavy atom. The van der Waals surface area contributed by atoms with Crippen molar-refractivity contribution in [2.45, 2.75) is 32.2 Å². The second kappa shape index (κ2) is 7.73. The average molecular weight is 296 g/mol. The topological polar surface area (TPSA) is 67.4 Å². The van der Waals surface area contributed by atoms with Crippen LogP contribution in [0.15, 0.2) is 24.3 Å². The molecule has 0 heterocycles. The number of halogens is 1. The van der Waals surface area contributed by atoms with Gasteiger partial charge in [-0.25, -0.2) is 4.39 Å². The van der Waals surface area contributed by atoms with E-state index >= 15 is 0 Å². The van der Waals surface area contributed by atoms with Crippen LogP contribution in [0.25, 0.3) is 0 Å². The summed E-state index contributed by atoms with van der Waals surface area (Å²) in [6.07, 6.45) is 0.808. The Hall–Kier alpha value is -1.95. The first-order valence-electron chi connectivity index (χ1n) is 6.76. The molecule has 0 aliphatic rings. The van der Waals surface area contributed by atoms with Gasteiger partial charge in [0.2, 0.25) is 5.91 Å². The molecule has 1 atom stereocenters. The summed E-state index contributed by atoms with van der Waals surface area (Å²) in [6, 6.07) is 5.95. The monoisotopic (exact) mass is 296 g/mol. The third kappa shape index (κ3) is 5.51. The largest absolute Gasteiger partial charge is 0.469 e. The summed E-state index contributed by atoms with van der Waals surface area (Å²) in [5.74, 6) is -1.20. The van der Waals surface area contributed by atoms with Crippen molar-refractivity contribution in [1.82, 2.24) is 5.32 Å². The summed E-state index contributed by atoms with van der Waals surface area (Å²) >= 11 is 0. The van der Waals surface area contributed by atoms with Gasteiger partial charge in [-0.15, -0.1) is 0 Å². The Kier molecular flexibility index (Phi) is 6.30. The summed E-state index contributed by atoms with van der Waals surface area (Å²) < 4.78 is 18.0. The zero-order chi connectivity index (χ0) is 15.9. The molecule has 0 aromatic heterocycles. The Morgan fingerprint density at radius 1 is 1.33 bits per heavy atom. The maximum atomic E-state index is 13.4. The highest BCUT2D eigenvalue weighted by Gasteiger charge is 2.26. The SMILES string of the molecule is CC[C@](C)(CC(=O)OC)NCC(=O)Nc1ccccc1F. The maximum absolute atomic E-state index is 13.4. The van der Waals surface area contributed by atoms with Crippen LogP contribution in [-0.2, 0) is 14.3 Å². The van der Waals surface area contributed by atoms with Crippen molar-refractivity contribution in [1.29, 1.82) is 0 Å². The molecule has 0 fully saturated rings. The highest BCUT2D eigenvalue weighted by molar-refractivity contribution is 5.92. The fourth-order valence-corrected chi connectivity index (χ4v) is 1.75. The smallest absolute Gasteiger partial charge is 0.307 e. The van der Waals surface area contributed by atoms with Gasteiger partial charge in [0, 0.05) is 5.54 Å². The lowest BCUT2D eigenvalue weighted by Crippen LogP contribution is -2.47. The average Bonchev–Trinajstić information content (AvgIpc) is 2.47. The minimum atomic E-state index is -0.542. The van der Waals surface area contributed by atoms with Crippen molar-refractivity contribution < 1.29 is 18.7 Å². The predicted octanol–water partition coefficient (Wildman–Crippen LogP) is 2.09. The number of hydrogen-bond donors (Lipinski definition) is 2. The lowest BCUT2D eigenvalue weighted by Gasteiger charge is -2.28. The third-order valence-corrected chi connectivity index (χ3v) is 3.37. The molecule has 21 heavy (non-hydrogen) atoms. The number of anilines is 1. The van der Waals surface area contributed by atoms with Gasteiger partial charge in [-0.3, -0.25) is 9.59 Å². The molecule has 0 aliphatic carbocycles. The molecule has 1 amide bonds. The molecule has 1 rings (SSSR count). The Bertz CT molecular complexity index is 507. The van der Waals surface area contributed by atoms with Crippen LogP contribution in [0.5, 0.6) is 0 Å². The molecule has 0 unspecified atom stereocenters. The van der Waals surface area contributed by atoms with E-state index in [4.69, 9.17) is 0 Å². The van der Waals surface area contributed by atoms with Gasteiger partial charge in [-0.1, -0.05) is 19.1 Å². The number of ether oxygens (including phenoxy) is 1. The molecule has 6 heteroatoms. The molecule has 5 nitrogen and oxygen atoms in total. The number of benzene rings is 1. The van der Waals surface area contributed by atoms with E-state index in [2.05, 4.69) is 15.4 Å². The number of methoxy groups -OCH3 is 1. The number of carbonyl (C=O) groups is 2. The van der Waals surface area contributed by atoms with Crippen molar-refractivity contribution in [3.8, 4) is 0 Å². The van der Waals surface area contributed by atoms with Crippen LogP contribution in [-0.4, -0.2) is 31.1 Å². The number of rotatable bonds is 7. The fourth-order valence-electron chi connectivity index (χ4n) is 1.75. The lowest BCUT2D eigenvalue weighted by molar-refractivity contribution is -0.142. The molecule has 0 bridgehead atoms. The third-order valence-electron chi connectivity index (χ3n) is 3.37. The van der Waals surface area contributed by atoms with E-state index in [1.54, 1.807) is 12.1 Å². The number of esters is 1. The van der Waals surface area contributed by atoms with E-state index in [9.17, 15) is 14.0 Å². The fraction of sp³-hybridized carbons (Fsp3) is 0.467. The van der Waals surface area contributed by atoms with Crippen molar-refractivity contribution in [3.63, 3.8) is 0 Å². The van der Waals surface area contributed by atoms with Gasteiger partial charge in [-0.2, -0.15) is 0 Å². The zero-order valence-electron chi connectivity index (χ0n) is 12.5. The quantitative estimate of drug-likeness (QED) is 0.756. The molecule has 116 valence electrons. The maximum Gasteiger partial charge on any atom is 0.307 e. The first-order valence-corrected chi connectivity index (χ1v) is 6.76. The van der Waals surface area contributed by atoms with Crippen molar-refractivity contribution >= 4 is 17.6 Å². The molecule has 1 aromatic carbocycles. The van der Waals surface area contributed by atoms with Crippen LogP contribution in [0, 0.1) is 5.82 Å². The molecule has 0 saturated heterocycles. The number of nitrogens with one attached hydrogen (secondary N) is 2. The molecule has 0 saturated carbocycles. The highest BCUT2D eigenvalue weighted by Crippen LogP contribution is 2.15. The Morgan fingerprint density at radius 2 is 2.00 bits per heavy atom. The van der Waals surface area contributed by atoms with Gasteiger partial charge in [0.1, 0.15) is 5.82 Å². The van der Waals surface area contributed by atoms with E-state index in [1.807, 2.05) is 13.8 Å². The minimum Gasteiger partial charge on any atom is -0.469 e. The number of amides is 1. The van der Waals surface area contributed by atoms with Gasteiger partial charge < -0.3 is 15.4 Å². The van der Waals surface area contributed by atoms with Gasteiger partial charge in [0.05, 0.1) is 25.8 Å². The Labute approximate surface area is 123 Å². The molecule has 0 aliphatic heterocycles. The minimum absolute atomic E-state index is 0.0182. The van der Waals surface area contributed by atoms with Crippen LogP contribution >= 0.6 is 0 Å². The number of para-hydroxylation sites is 1. The summed E-state index contributed by atoms with van der Waals surface area (Å²) in [4.78, 5) is 23.2. The highest BCUT2D eigenvalue weighted by atomic mass is 19.1. The summed E-state index contributed by atoms with van der Waals surface area (Å²) in [7, 11) is 1.32. The van der Waals surface area contributed by atoms with Crippen molar-refractivity contribution in [2.75, 3.05) is 19.0 Å². The van der Waals surface area contributed by atoms with E-state index in [1.165, 1.54) is 19.2 Å². The standard InChI is InChI=1S/C15H21FN2O3/c1-4-15(2,9-14(20)21-3)17-10-13(19)18-12-8-6-5-7-11(12)16/h5-8,17H,4,9-10H2,1-3H3,(H,18,19)/t15-/m1/s1. The summed E-state index contributed by atoms with van der Waals surface area (Å²) in [5.41, 5.74) is -0.407. The number of hydrogen-bond acceptors (Lipinski definition) is 4. The van der Waals surface area contributed by atoms with Crippen LogP contribution in [0.4, 0.5) is 10.1 Å². The first kappa shape index (κ1) is 17.1. The summed E-state index contributed by atoms with van der Waals surface area (Å²) in [5, 5.41) is 5.50. The van der Waals surface area contributed by atoms with Gasteiger partial charge in [0.25, 0.3) is 0 Å². The molecular weight excluding hydrogens is 275 g/mol.